The zero-order chi connectivity index (χ0) is 14.5. The predicted molar refractivity (Wildman–Crippen MR) is 74.5 cm³/mol. The van der Waals surface area contributed by atoms with Crippen molar-refractivity contribution in [2.45, 2.75) is 16.2 Å². The smallest absolute Gasteiger partial charge is 0.306 e. The van der Waals surface area contributed by atoms with Gasteiger partial charge in [-0.1, -0.05) is 0 Å². The second kappa shape index (κ2) is 6.78. The molecular weight excluding hydrogens is 288 g/mol. The molecule has 0 heterocycles. The van der Waals surface area contributed by atoms with E-state index >= 15 is 0 Å². The van der Waals surface area contributed by atoms with E-state index < -0.39 is 10.0 Å². The average molecular weight is 304 g/mol. The van der Waals surface area contributed by atoms with Crippen LogP contribution < -0.4 is 10.5 Å². The molecule has 8 heteroatoms. The molecule has 0 unspecified atom stereocenters. The second-order valence-electron chi connectivity index (χ2n) is 3.58. The van der Waals surface area contributed by atoms with E-state index in [2.05, 4.69) is 9.46 Å². The van der Waals surface area contributed by atoms with E-state index in [1.165, 1.54) is 38.1 Å². The molecule has 3 N–H and O–H groups in total. The van der Waals surface area contributed by atoms with Crippen LogP contribution in [0.25, 0.3) is 0 Å². The van der Waals surface area contributed by atoms with E-state index in [-0.39, 0.29) is 17.3 Å². The van der Waals surface area contributed by atoms with Gasteiger partial charge < -0.3 is 10.5 Å². The summed E-state index contributed by atoms with van der Waals surface area (Å²) in [5, 5.41) is 0. The van der Waals surface area contributed by atoms with E-state index in [1.807, 2.05) is 0 Å². The van der Waals surface area contributed by atoms with Crippen molar-refractivity contribution in [2.75, 3.05) is 25.6 Å². The molecule has 1 aromatic carbocycles. The highest BCUT2D eigenvalue weighted by Gasteiger charge is 2.13. The first-order valence-corrected chi connectivity index (χ1v) is 7.90. The highest BCUT2D eigenvalue weighted by molar-refractivity contribution is 7.99. The number of nitrogens with one attached hydrogen (secondary N) is 1. The Hall–Kier alpha value is -1.25. The Morgan fingerprint density at radius 2 is 2.16 bits per heavy atom. The van der Waals surface area contributed by atoms with Crippen LogP contribution in [0.1, 0.15) is 6.42 Å². The van der Waals surface area contributed by atoms with Gasteiger partial charge in [0.05, 0.1) is 18.4 Å². The summed E-state index contributed by atoms with van der Waals surface area (Å²) in [6, 6.07) is 4.50. The standard InChI is InChI=1S/C11H16N2O4S2/c1-13-19(15,16)8-3-4-10(9(12)7-8)18-6-5-11(14)17-2/h3-4,7,13H,5-6,12H2,1-2H3. The van der Waals surface area contributed by atoms with Crippen molar-refractivity contribution in [1.82, 2.24) is 4.72 Å². The zero-order valence-corrected chi connectivity index (χ0v) is 12.3. The molecule has 0 fully saturated rings. The highest BCUT2D eigenvalue weighted by atomic mass is 32.2. The van der Waals surface area contributed by atoms with Crippen molar-refractivity contribution >= 4 is 33.4 Å². The van der Waals surface area contributed by atoms with E-state index in [4.69, 9.17) is 5.73 Å². The number of anilines is 1. The first-order chi connectivity index (χ1) is 8.90. The van der Waals surface area contributed by atoms with Crippen molar-refractivity contribution in [3.05, 3.63) is 18.2 Å². The van der Waals surface area contributed by atoms with Crippen molar-refractivity contribution < 1.29 is 17.9 Å². The van der Waals surface area contributed by atoms with Gasteiger partial charge >= 0.3 is 5.97 Å². The fourth-order valence-electron chi connectivity index (χ4n) is 1.29. The largest absolute Gasteiger partial charge is 0.469 e. The number of methoxy groups -OCH3 is 1. The summed E-state index contributed by atoms with van der Waals surface area (Å²) >= 11 is 1.38. The van der Waals surface area contributed by atoms with Crippen LogP contribution >= 0.6 is 11.8 Å². The summed E-state index contributed by atoms with van der Waals surface area (Å²) in [5.41, 5.74) is 6.16. The van der Waals surface area contributed by atoms with Gasteiger partial charge in [0.25, 0.3) is 0 Å². The Morgan fingerprint density at radius 3 is 2.68 bits per heavy atom. The minimum absolute atomic E-state index is 0.116. The van der Waals surface area contributed by atoms with E-state index in [0.29, 0.717) is 11.4 Å². The minimum atomic E-state index is -3.49. The Kier molecular flexibility index (Phi) is 5.64. The van der Waals surface area contributed by atoms with Gasteiger partial charge in [0.2, 0.25) is 10.0 Å². The molecule has 0 aliphatic carbocycles. The molecule has 0 spiro atoms. The van der Waals surface area contributed by atoms with Crippen molar-refractivity contribution in [3.8, 4) is 0 Å². The number of benzene rings is 1. The normalized spacial score (nSPS) is 11.3. The number of nitrogen functional groups attached to an aromatic ring is 1. The molecule has 0 radical (unpaired) electrons. The van der Waals surface area contributed by atoms with E-state index in [0.717, 1.165) is 4.90 Å². The molecule has 6 nitrogen and oxygen atoms in total. The summed E-state index contributed by atoms with van der Waals surface area (Å²) < 4.78 is 29.9. The van der Waals surface area contributed by atoms with Crippen LogP contribution in [-0.2, 0) is 19.6 Å². The lowest BCUT2D eigenvalue weighted by atomic mass is 10.3. The Morgan fingerprint density at radius 1 is 1.47 bits per heavy atom. The van der Waals surface area contributed by atoms with Gasteiger partial charge in [0.1, 0.15) is 0 Å². The second-order valence-corrected chi connectivity index (χ2v) is 6.61. The summed E-state index contributed by atoms with van der Waals surface area (Å²) in [4.78, 5) is 11.8. The molecule has 0 bridgehead atoms. The number of hydrogen-bond donors (Lipinski definition) is 2. The van der Waals surface area contributed by atoms with Gasteiger partial charge in [-0.2, -0.15) is 0 Å². The van der Waals surface area contributed by atoms with Crippen molar-refractivity contribution in [3.63, 3.8) is 0 Å². The Bertz CT molecular complexity index is 558. The van der Waals surface area contributed by atoms with Crippen LogP contribution in [0.5, 0.6) is 0 Å². The quantitative estimate of drug-likeness (QED) is 0.459. The van der Waals surface area contributed by atoms with Gasteiger partial charge in [-0.25, -0.2) is 13.1 Å². The number of thioether (sulfide) groups is 1. The molecule has 1 aromatic rings. The van der Waals surface area contributed by atoms with Crippen molar-refractivity contribution in [2.24, 2.45) is 0 Å². The number of rotatable bonds is 6. The van der Waals surface area contributed by atoms with Crippen LogP contribution in [0.4, 0.5) is 5.69 Å². The average Bonchev–Trinajstić information content (AvgIpc) is 2.40. The maximum Gasteiger partial charge on any atom is 0.306 e. The lowest BCUT2D eigenvalue weighted by molar-refractivity contribution is -0.140. The molecule has 0 saturated heterocycles. The van der Waals surface area contributed by atoms with Gasteiger partial charge in [0, 0.05) is 16.3 Å². The van der Waals surface area contributed by atoms with Gasteiger partial charge in [0.15, 0.2) is 0 Å². The van der Waals surface area contributed by atoms with Gasteiger partial charge in [-0.05, 0) is 25.2 Å². The summed E-state index contributed by atoms with van der Waals surface area (Å²) in [6.07, 6.45) is 0.275. The number of ether oxygens (including phenoxy) is 1. The zero-order valence-electron chi connectivity index (χ0n) is 10.7. The summed E-state index contributed by atoms with van der Waals surface area (Å²) in [7, 11) is -0.819. The van der Waals surface area contributed by atoms with Crippen molar-refractivity contribution in [1.29, 1.82) is 0 Å². The monoisotopic (exact) mass is 304 g/mol. The molecule has 0 saturated carbocycles. The fraction of sp³-hybridized carbons (Fsp3) is 0.364. The number of carbonyl (C=O) groups is 1. The molecule has 106 valence electrons. The molecule has 1 rings (SSSR count). The number of hydrogen-bond acceptors (Lipinski definition) is 6. The first kappa shape index (κ1) is 15.8. The number of sulfonamides is 1. The topological polar surface area (TPSA) is 98.5 Å². The van der Waals surface area contributed by atoms with Crippen LogP contribution in [0.2, 0.25) is 0 Å². The Balaban J connectivity index is 2.76. The fourth-order valence-corrected chi connectivity index (χ4v) is 2.93. The van der Waals surface area contributed by atoms with Crippen LogP contribution in [0.15, 0.2) is 28.0 Å². The Labute approximate surface area is 116 Å². The third kappa shape index (κ3) is 4.41. The molecule has 0 amide bonds. The molecule has 0 aromatic heterocycles. The third-order valence-electron chi connectivity index (χ3n) is 2.35. The molecule has 19 heavy (non-hydrogen) atoms. The van der Waals surface area contributed by atoms with Crippen LogP contribution in [-0.4, -0.2) is 34.3 Å². The lowest BCUT2D eigenvalue weighted by Crippen LogP contribution is -2.18. The molecule has 0 aliphatic rings. The van der Waals surface area contributed by atoms with Gasteiger partial charge in [-0.15, -0.1) is 11.8 Å². The first-order valence-electron chi connectivity index (χ1n) is 5.43. The maximum atomic E-state index is 11.6. The number of nitrogens with two attached hydrogens (primary N) is 1. The van der Waals surface area contributed by atoms with Crippen LogP contribution in [0, 0.1) is 0 Å². The van der Waals surface area contributed by atoms with Gasteiger partial charge in [-0.3, -0.25) is 4.79 Å². The summed E-state index contributed by atoms with van der Waals surface area (Å²) in [5.74, 6) is 0.232. The molecule has 0 aliphatic heterocycles. The molecule has 0 atom stereocenters. The predicted octanol–water partition coefficient (Wildman–Crippen LogP) is 0.832. The maximum absolute atomic E-state index is 11.6. The molecular formula is C11H16N2O4S2. The van der Waals surface area contributed by atoms with Crippen LogP contribution in [0.3, 0.4) is 0 Å². The number of esters is 1. The third-order valence-corrected chi connectivity index (χ3v) is 4.85. The SMILES string of the molecule is CNS(=O)(=O)c1ccc(SCCC(=O)OC)c(N)c1. The minimum Gasteiger partial charge on any atom is -0.469 e. The summed E-state index contributed by atoms with van der Waals surface area (Å²) in [6.45, 7) is 0. The van der Waals surface area contributed by atoms with E-state index in [9.17, 15) is 13.2 Å². The van der Waals surface area contributed by atoms with E-state index in [1.54, 1.807) is 6.07 Å². The highest BCUT2D eigenvalue weighted by Crippen LogP contribution is 2.27. The lowest BCUT2D eigenvalue weighted by Gasteiger charge is -2.08. The number of carbonyl (C=O) groups excluding carboxylic acids is 1.